The highest BCUT2D eigenvalue weighted by atomic mass is 32.1. The molecule has 0 radical (unpaired) electrons. The van der Waals surface area contributed by atoms with E-state index in [1.807, 2.05) is 59.5 Å². The third-order valence-corrected chi connectivity index (χ3v) is 6.28. The number of hydrogen-bond donors (Lipinski definition) is 0. The number of anilines is 2. The molecule has 3 heterocycles. The zero-order chi connectivity index (χ0) is 17.9. The molecule has 1 aromatic carbocycles. The Morgan fingerprint density at radius 1 is 1.04 bits per heavy atom. The molecular formula is C19H15N3OS3. The number of rotatable bonds is 5. The van der Waals surface area contributed by atoms with Crippen LogP contribution in [0.2, 0.25) is 0 Å². The van der Waals surface area contributed by atoms with Gasteiger partial charge in [-0.25, -0.2) is 9.97 Å². The van der Waals surface area contributed by atoms with Crippen LogP contribution >= 0.6 is 34.0 Å². The molecule has 0 bridgehead atoms. The van der Waals surface area contributed by atoms with E-state index in [0.29, 0.717) is 5.13 Å². The number of para-hydroxylation sites is 1. The molecule has 0 saturated carbocycles. The van der Waals surface area contributed by atoms with Crippen molar-refractivity contribution in [2.45, 2.75) is 13.3 Å². The molecule has 0 aliphatic rings. The van der Waals surface area contributed by atoms with E-state index >= 15 is 0 Å². The molecule has 0 fully saturated rings. The molecule has 1 amide bonds. The molecule has 0 atom stereocenters. The second kappa shape index (κ2) is 7.49. The molecular weight excluding hydrogens is 382 g/mol. The number of carbonyl (C=O) groups excluding carboxylic acids is 1. The first-order valence-electron chi connectivity index (χ1n) is 7.98. The SMILES string of the molecule is Cc1csc(N(C(=O)Cc2csc(-c3ccsc3)n2)c2ccccc2)n1. The first-order chi connectivity index (χ1) is 12.7. The van der Waals surface area contributed by atoms with E-state index in [9.17, 15) is 4.79 Å². The third-order valence-electron chi connectivity index (χ3n) is 3.71. The summed E-state index contributed by atoms with van der Waals surface area (Å²) in [6, 6.07) is 11.7. The zero-order valence-electron chi connectivity index (χ0n) is 14.0. The minimum atomic E-state index is -0.0345. The van der Waals surface area contributed by atoms with Crippen molar-refractivity contribution in [3.8, 4) is 10.6 Å². The van der Waals surface area contributed by atoms with Crippen molar-refractivity contribution in [2.24, 2.45) is 0 Å². The van der Waals surface area contributed by atoms with Crippen LogP contribution in [0.25, 0.3) is 10.6 Å². The predicted octanol–water partition coefficient (Wildman–Crippen LogP) is 5.54. The fraction of sp³-hybridized carbons (Fsp3) is 0.105. The van der Waals surface area contributed by atoms with Crippen molar-refractivity contribution < 1.29 is 4.79 Å². The van der Waals surface area contributed by atoms with Crippen LogP contribution in [0.5, 0.6) is 0 Å². The van der Waals surface area contributed by atoms with Gasteiger partial charge in [0.2, 0.25) is 5.91 Å². The third kappa shape index (κ3) is 3.60. The van der Waals surface area contributed by atoms with E-state index < -0.39 is 0 Å². The largest absolute Gasteiger partial charge is 0.274 e. The first-order valence-corrected chi connectivity index (χ1v) is 10.7. The van der Waals surface area contributed by atoms with E-state index in [2.05, 4.69) is 15.3 Å². The average molecular weight is 398 g/mol. The molecule has 26 heavy (non-hydrogen) atoms. The molecule has 4 rings (SSSR count). The summed E-state index contributed by atoms with van der Waals surface area (Å²) in [7, 11) is 0. The number of aryl methyl sites for hydroxylation is 1. The van der Waals surface area contributed by atoms with Crippen LogP contribution in [0, 0.1) is 6.92 Å². The lowest BCUT2D eigenvalue weighted by atomic mass is 10.2. The molecule has 0 aliphatic heterocycles. The molecule has 4 nitrogen and oxygen atoms in total. The number of benzene rings is 1. The summed E-state index contributed by atoms with van der Waals surface area (Å²) in [5, 5.41) is 9.65. The maximum atomic E-state index is 13.1. The summed E-state index contributed by atoms with van der Waals surface area (Å²) in [4.78, 5) is 23.9. The van der Waals surface area contributed by atoms with E-state index in [1.165, 1.54) is 11.3 Å². The Bertz CT molecular complexity index is 1010. The van der Waals surface area contributed by atoms with Gasteiger partial charge in [0, 0.05) is 21.7 Å². The van der Waals surface area contributed by atoms with Gasteiger partial charge in [0.25, 0.3) is 0 Å². The van der Waals surface area contributed by atoms with Crippen molar-refractivity contribution in [3.63, 3.8) is 0 Å². The lowest BCUT2D eigenvalue weighted by molar-refractivity contribution is -0.117. The fourth-order valence-electron chi connectivity index (χ4n) is 2.52. The van der Waals surface area contributed by atoms with Crippen LogP contribution < -0.4 is 4.90 Å². The normalized spacial score (nSPS) is 10.8. The number of amides is 1. The Labute approximate surface area is 163 Å². The van der Waals surface area contributed by atoms with Gasteiger partial charge in [-0.05, 0) is 30.5 Å². The summed E-state index contributed by atoms with van der Waals surface area (Å²) < 4.78 is 0. The van der Waals surface area contributed by atoms with Gasteiger partial charge in [-0.1, -0.05) is 18.2 Å². The highest BCUT2D eigenvalue weighted by Crippen LogP contribution is 2.30. The minimum absolute atomic E-state index is 0.0345. The van der Waals surface area contributed by atoms with Gasteiger partial charge in [-0.15, -0.1) is 22.7 Å². The number of thiophene rings is 1. The van der Waals surface area contributed by atoms with Crippen LogP contribution in [-0.4, -0.2) is 15.9 Å². The summed E-state index contributed by atoms with van der Waals surface area (Å²) in [5.41, 5.74) is 3.62. The number of nitrogens with zero attached hydrogens (tertiary/aromatic N) is 3. The summed E-state index contributed by atoms with van der Waals surface area (Å²) in [5.74, 6) is -0.0345. The lowest BCUT2D eigenvalue weighted by Gasteiger charge is -2.19. The Balaban J connectivity index is 1.61. The van der Waals surface area contributed by atoms with Gasteiger partial charge in [-0.2, -0.15) is 11.3 Å². The minimum Gasteiger partial charge on any atom is -0.274 e. The van der Waals surface area contributed by atoms with E-state index in [-0.39, 0.29) is 12.3 Å². The Morgan fingerprint density at radius 2 is 1.88 bits per heavy atom. The van der Waals surface area contributed by atoms with Crippen molar-refractivity contribution in [1.82, 2.24) is 9.97 Å². The van der Waals surface area contributed by atoms with E-state index in [1.54, 1.807) is 27.6 Å². The van der Waals surface area contributed by atoms with Crippen LogP contribution in [0.4, 0.5) is 10.8 Å². The number of carbonyl (C=O) groups is 1. The summed E-state index contributed by atoms with van der Waals surface area (Å²) >= 11 is 4.68. The van der Waals surface area contributed by atoms with Crippen molar-refractivity contribution >= 4 is 50.7 Å². The fourth-order valence-corrected chi connectivity index (χ4v) is 4.89. The second-order valence-corrected chi connectivity index (χ2v) is 8.14. The molecule has 130 valence electrons. The number of aromatic nitrogens is 2. The summed E-state index contributed by atoms with van der Waals surface area (Å²) in [6.45, 7) is 1.93. The van der Waals surface area contributed by atoms with Crippen molar-refractivity contribution in [1.29, 1.82) is 0 Å². The lowest BCUT2D eigenvalue weighted by Crippen LogP contribution is -2.27. The second-order valence-electron chi connectivity index (χ2n) is 5.67. The standard InChI is InChI=1S/C19H15N3OS3/c1-13-10-26-19(20-13)22(16-5-3-2-4-6-16)17(23)9-15-12-25-18(21-15)14-7-8-24-11-14/h2-8,10-12H,9H2,1H3. The number of hydrogen-bond acceptors (Lipinski definition) is 6. The summed E-state index contributed by atoms with van der Waals surface area (Å²) in [6.07, 6.45) is 0.244. The highest BCUT2D eigenvalue weighted by molar-refractivity contribution is 7.14. The Kier molecular flexibility index (Phi) is 4.92. The molecule has 3 aromatic heterocycles. The maximum Gasteiger partial charge on any atom is 0.239 e. The molecule has 4 aromatic rings. The van der Waals surface area contributed by atoms with Gasteiger partial charge in [0.15, 0.2) is 5.13 Å². The van der Waals surface area contributed by atoms with Gasteiger partial charge in [0.1, 0.15) is 5.01 Å². The number of thiazole rings is 2. The molecule has 0 saturated heterocycles. The molecule has 0 unspecified atom stereocenters. The van der Waals surface area contributed by atoms with Crippen LogP contribution in [0.15, 0.2) is 57.9 Å². The maximum absolute atomic E-state index is 13.1. The van der Waals surface area contributed by atoms with Crippen molar-refractivity contribution in [2.75, 3.05) is 4.90 Å². The topological polar surface area (TPSA) is 46.1 Å². The van der Waals surface area contributed by atoms with Gasteiger partial charge >= 0.3 is 0 Å². The molecule has 7 heteroatoms. The smallest absolute Gasteiger partial charge is 0.239 e. The van der Waals surface area contributed by atoms with Gasteiger partial charge in [0.05, 0.1) is 23.5 Å². The Hall–Kier alpha value is -2.35. The molecule has 0 aliphatic carbocycles. The van der Waals surface area contributed by atoms with E-state index in [4.69, 9.17) is 0 Å². The van der Waals surface area contributed by atoms with Crippen LogP contribution in [-0.2, 0) is 11.2 Å². The monoisotopic (exact) mass is 397 g/mol. The average Bonchev–Trinajstić information content (AvgIpc) is 3.38. The van der Waals surface area contributed by atoms with E-state index in [0.717, 1.165) is 27.6 Å². The predicted molar refractivity (Wildman–Crippen MR) is 110 cm³/mol. The van der Waals surface area contributed by atoms with Crippen LogP contribution in [0.3, 0.4) is 0 Å². The highest BCUT2D eigenvalue weighted by Gasteiger charge is 2.22. The van der Waals surface area contributed by atoms with Crippen LogP contribution in [0.1, 0.15) is 11.4 Å². The molecule has 0 N–H and O–H groups in total. The van der Waals surface area contributed by atoms with Crippen molar-refractivity contribution in [3.05, 3.63) is 69.3 Å². The first kappa shape index (κ1) is 17.1. The zero-order valence-corrected chi connectivity index (χ0v) is 16.4. The Morgan fingerprint density at radius 3 is 2.58 bits per heavy atom. The van der Waals surface area contributed by atoms with Gasteiger partial charge in [-0.3, -0.25) is 9.69 Å². The van der Waals surface area contributed by atoms with Gasteiger partial charge < -0.3 is 0 Å². The molecule has 0 spiro atoms. The quantitative estimate of drug-likeness (QED) is 0.444.